The van der Waals surface area contributed by atoms with Crippen molar-refractivity contribution < 1.29 is 19.0 Å². The summed E-state index contributed by atoms with van der Waals surface area (Å²) in [5.41, 5.74) is 3.69. The number of carbonyl (C=O) groups excluding carboxylic acids is 1. The maximum Gasteiger partial charge on any atom is 0.255 e. The molecule has 132 valence electrons. The van der Waals surface area contributed by atoms with Crippen LogP contribution in [0.2, 0.25) is 0 Å². The minimum absolute atomic E-state index is 0.216. The van der Waals surface area contributed by atoms with E-state index in [1.54, 1.807) is 12.1 Å². The Balaban J connectivity index is 1.92. The highest BCUT2D eigenvalue weighted by Gasteiger charge is 2.19. The van der Waals surface area contributed by atoms with E-state index in [1.165, 1.54) is 32.5 Å². The summed E-state index contributed by atoms with van der Waals surface area (Å²) in [7, 11) is 4.59. The lowest BCUT2D eigenvalue weighted by Gasteiger charge is -2.21. The Labute approximate surface area is 147 Å². The predicted molar refractivity (Wildman–Crippen MR) is 95.9 cm³/mol. The number of benzene rings is 2. The van der Waals surface area contributed by atoms with Crippen LogP contribution in [0.15, 0.2) is 30.3 Å². The highest BCUT2D eigenvalue weighted by Crippen LogP contribution is 2.38. The van der Waals surface area contributed by atoms with Crippen LogP contribution in [0.4, 0.5) is 5.69 Å². The Kier molecular flexibility index (Phi) is 5.09. The molecule has 1 heterocycles. The molecule has 1 aliphatic heterocycles. The molecule has 6 heteroatoms. The molecule has 0 saturated carbocycles. The normalized spacial score (nSPS) is 12.9. The van der Waals surface area contributed by atoms with Crippen molar-refractivity contribution in [2.24, 2.45) is 0 Å². The molecule has 2 N–H and O–H groups in total. The predicted octanol–water partition coefficient (Wildman–Crippen LogP) is 2.61. The average Bonchev–Trinajstić information content (AvgIpc) is 2.66. The number of anilines is 1. The molecule has 6 nitrogen and oxygen atoms in total. The van der Waals surface area contributed by atoms with Crippen LogP contribution < -0.4 is 24.8 Å². The molecule has 0 spiro atoms. The zero-order valence-electron chi connectivity index (χ0n) is 14.6. The summed E-state index contributed by atoms with van der Waals surface area (Å²) in [6.07, 6.45) is 0.890. The Morgan fingerprint density at radius 3 is 2.44 bits per heavy atom. The Morgan fingerprint density at radius 1 is 1.08 bits per heavy atom. The van der Waals surface area contributed by atoms with E-state index in [9.17, 15) is 4.79 Å². The average molecular weight is 342 g/mol. The van der Waals surface area contributed by atoms with Crippen molar-refractivity contribution in [2.75, 3.05) is 33.2 Å². The van der Waals surface area contributed by atoms with E-state index in [0.717, 1.165) is 25.2 Å². The van der Waals surface area contributed by atoms with Crippen molar-refractivity contribution in [3.8, 4) is 17.2 Å². The first kappa shape index (κ1) is 17.1. The van der Waals surface area contributed by atoms with Gasteiger partial charge in [0.2, 0.25) is 5.75 Å². The van der Waals surface area contributed by atoms with Crippen LogP contribution in [-0.4, -0.2) is 33.8 Å². The summed E-state index contributed by atoms with van der Waals surface area (Å²) in [5.74, 6) is 1.15. The molecule has 0 atom stereocenters. The van der Waals surface area contributed by atoms with Gasteiger partial charge < -0.3 is 24.8 Å². The van der Waals surface area contributed by atoms with Gasteiger partial charge in [-0.05, 0) is 42.3 Å². The fourth-order valence-corrected chi connectivity index (χ4v) is 3.06. The lowest BCUT2D eigenvalue weighted by molar-refractivity contribution is 0.102. The van der Waals surface area contributed by atoms with E-state index in [2.05, 4.69) is 16.7 Å². The fraction of sp³-hybridized carbons (Fsp3) is 0.316. The highest BCUT2D eigenvalue weighted by molar-refractivity contribution is 6.05. The van der Waals surface area contributed by atoms with Crippen LogP contribution >= 0.6 is 0 Å². The van der Waals surface area contributed by atoms with Gasteiger partial charge in [0, 0.05) is 17.8 Å². The number of carbonyl (C=O) groups is 1. The molecule has 0 fully saturated rings. The van der Waals surface area contributed by atoms with Crippen molar-refractivity contribution >= 4 is 11.6 Å². The van der Waals surface area contributed by atoms with Crippen molar-refractivity contribution in [3.63, 3.8) is 0 Å². The van der Waals surface area contributed by atoms with Gasteiger partial charge in [0.1, 0.15) is 0 Å². The van der Waals surface area contributed by atoms with E-state index in [0.29, 0.717) is 22.8 Å². The quantitative estimate of drug-likeness (QED) is 0.874. The number of ether oxygens (including phenoxy) is 3. The zero-order chi connectivity index (χ0) is 17.8. The Hall–Kier alpha value is -2.73. The van der Waals surface area contributed by atoms with Crippen LogP contribution in [0.25, 0.3) is 0 Å². The second-order valence-electron chi connectivity index (χ2n) is 5.74. The smallest absolute Gasteiger partial charge is 0.255 e. The fourth-order valence-electron chi connectivity index (χ4n) is 3.06. The summed E-state index contributed by atoms with van der Waals surface area (Å²) in [5, 5.41) is 6.34. The highest BCUT2D eigenvalue weighted by atomic mass is 16.5. The third kappa shape index (κ3) is 3.39. The second-order valence-corrected chi connectivity index (χ2v) is 5.74. The van der Waals surface area contributed by atoms with Gasteiger partial charge in [-0.25, -0.2) is 0 Å². The van der Waals surface area contributed by atoms with Crippen LogP contribution in [0, 0.1) is 0 Å². The van der Waals surface area contributed by atoms with Crippen LogP contribution in [0.1, 0.15) is 21.5 Å². The maximum absolute atomic E-state index is 12.8. The van der Waals surface area contributed by atoms with Crippen molar-refractivity contribution in [3.05, 3.63) is 47.0 Å². The second kappa shape index (κ2) is 7.44. The summed E-state index contributed by atoms with van der Waals surface area (Å²) in [6.45, 7) is 1.73. The number of amides is 1. The molecule has 0 aromatic heterocycles. The molecular weight excluding hydrogens is 320 g/mol. The van der Waals surface area contributed by atoms with Gasteiger partial charge in [0.05, 0.1) is 21.3 Å². The van der Waals surface area contributed by atoms with Crippen LogP contribution in [-0.2, 0) is 13.0 Å². The molecule has 0 aliphatic carbocycles. The minimum Gasteiger partial charge on any atom is -0.493 e. The van der Waals surface area contributed by atoms with Crippen molar-refractivity contribution in [1.82, 2.24) is 5.32 Å². The molecule has 0 saturated heterocycles. The largest absolute Gasteiger partial charge is 0.493 e. The van der Waals surface area contributed by atoms with Crippen molar-refractivity contribution in [1.29, 1.82) is 0 Å². The van der Waals surface area contributed by atoms with E-state index in [4.69, 9.17) is 14.2 Å². The van der Waals surface area contributed by atoms with E-state index in [1.807, 2.05) is 12.1 Å². The number of methoxy groups -OCH3 is 3. The minimum atomic E-state index is -0.216. The SMILES string of the molecule is COc1cc(C(=O)Nc2cccc3c2CCNC3)cc(OC)c1OC. The van der Waals surface area contributed by atoms with Crippen LogP contribution in [0.3, 0.4) is 0 Å². The molecule has 1 aliphatic rings. The number of nitrogens with one attached hydrogen (secondary N) is 2. The number of fused-ring (bicyclic) bond motifs is 1. The maximum atomic E-state index is 12.8. The Morgan fingerprint density at radius 2 is 1.80 bits per heavy atom. The number of hydrogen-bond donors (Lipinski definition) is 2. The molecule has 0 radical (unpaired) electrons. The third-order valence-electron chi connectivity index (χ3n) is 4.32. The topological polar surface area (TPSA) is 68.8 Å². The molecule has 0 unspecified atom stereocenters. The monoisotopic (exact) mass is 342 g/mol. The molecule has 1 amide bonds. The molecular formula is C19H22N2O4. The summed E-state index contributed by atoms with van der Waals surface area (Å²) in [6, 6.07) is 9.26. The Bertz CT molecular complexity index is 764. The van der Waals surface area contributed by atoms with E-state index < -0.39 is 0 Å². The van der Waals surface area contributed by atoms with Gasteiger partial charge in [-0.15, -0.1) is 0 Å². The summed E-state index contributed by atoms with van der Waals surface area (Å²) < 4.78 is 15.9. The van der Waals surface area contributed by atoms with Gasteiger partial charge in [0.15, 0.2) is 11.5 Å². The van der Waals surface area contributed by atoms with E-state index >= 15 is 0 Å². The first-order valence-electron chi connectivity index (χ1n) is 8.10. The van der Waals surface area contributed by atoms with Gasteiger partial charge in [0.25, 0.3) is 5.91 Å². The molecule has 25 heavy (non-hydrogen) atoms. The molecule has 2 aromatic carbocycles. The van der Waals surface area contributed by atoms with Gasteiger partial charge in [-0.3, -0.25) is 4.79 Å². The molecule has 2 aromatic rings. The number of hydrogen-bond acceptors (Lipinski definition) is 5. The number of rotatable bonds is 5. The standard InChI is InChI=1S/C19H22N2O4/c1-23-16-9-13(10-17(24-2)18(16)25-3)19(22)21-15-6-4-5-12-11-20-8-7-14(12)15/h4-6,9-10,20H,7-8,11H2,1-3H3,(H,21,22). The molecule has 3 rings (SSSR count). The zero-order valence-corrected chi connectivity index (χ0v) is 14.6. The van der Waals surface area contributed by atoms with Gasteiger partial charge >= 0.3 is 0 Å². The lowest BCUT2D eigenvalue weighted by Crippen LogP contribution is -2.25. The first-order chi connectivity index (χ1) is 12.2. The van der Waals surface area contributed by atoms with E-state index in [-0.39, 0.29) is 5.91 Å². The lowest BCUT2D eigenvalue weighted by atomic mass is 9.99. The molecule has 0 bridgehead atoms. The third-order valence-corrected chi connectivity index (χ3v) is 4.32. The van der Waals surface area contributed by atoms with Crippen molar-refractivity contribution in [2.45, 2.75) is 13.0 Å². The van der Waals surface area contributed by atoms with Gasteiger partial charge in [-0.1, -0.05) is 12.1 Å². The summed E-state index contributed by atoms with van der Waals surface area (Å²) >= 11 is 0. The van der Waals surface area contributed by atoms with Gasteiger partial charge in [-0.2, -0.15) is 0 Å². The first-order valence-corrected chi connectivity index (χ1v) is 8.10. The summed E-state index contributed by atoms with van der Waals surface area (Å²) in [4.78, 5) is 12.8. The van der Waals surface area contributed by atoms with Crippen LogP contribution in [0.5, 0.6) is 17.2 Å².